The van der Waals surface area contributed by atoms with Crippen molar-refractivity contribution < 1.29 is 22.7 Å². The predicted molar refractivity (Wildman–Crippen MR) is 130 cm³/mol. The summed E-state index contributed by atoms with van der Waals surface area (Å²) < 4.78 is 31.6. The SMILES string of the molecule is CCC(C(=O)NC)N(Cc1cccc(OC)c1)C(=O)CN(c1cc(C)cc(C)c1)S(C)(=O)=O. The number of ether oxygens (including phenoxy) is 1. The van der Waals surface area contributed by atoms with E-state index in [0.29, 0.717) is 17.9 Å². The third-order valence-electron chi connectivity index (χ3n) is 5.29. The number of hydrogen-bond donors (Lipinski definition) is 1. The summed E-state index contributed by atoms with van der Waals surface area (Å²) in [5.74, 6) is -0.162. The van der Waals surface area contributed by atoms with Crippen LogP contribution in [-0.2, 0) is 26.2 Å². The van der Waals surface area contributed by atoms with E-state index < -0.39 is 28.5 Å². The smallest absolute Gasteiger partial charge is 0.244 e. The first-order valence-electron chi connectivity index (χ1n) is 10.7. The van der Waals surface area contributed by atoms with Gasteiger partial charge >= 0.3 is 0 Å². The number of aryl methyl sites for hydroxylation is 2. The zero-order valence-corrected chi connectivity index (χ0v) is 20.9. The van der Waals surface area contributed by atoms with Gasteiger partial charge in [-0.2, -0.15) is 0 Å². The summed E-state index contributed by atoms with van der Waals surface area (Å²) in [4.78, 5) is 27.5. The van der Waals surface area contributed by atoms with Crippen LogP contribution in [0.5, 0.6) is 5.75 Å². The fraction of sp³-hybridized carbons (Fsp3) is 0.417. The van der Waals surface area contributed by atoms with Crippen LogP contribution in [0.4, 0.5) is 5.69 Å². The molecular formula is C24H33N3O5S. The van der Waals surface area contributed by atoms with Crippen molar-refractivity contribution >= 4 is 27.5 Å². The fourth-order valence-corrected chi connectivity index (χ4v) is 4.60. The van der Waals surface area contributed by atoms with Crippen LogP contribution in [0.2, 0.25) is 0 Å². The number of methoxy groups -OCH3 is 1. The molecule has 0 aromatic heterocycles. The average Bonchev–Trinajstić information content (AvgIpc) is 2.75. The van der Waals surface area contributed by atoms with Gasteiger partial charge in [0.2, 0.25) is 21.8 Å². The molecule has 2 amide bonds. The maximum atomic E-state index is 13.5. The van der Waals surface area contributed by atoms with E-state index in [0.717, 1.165) is 27.3 Å². The molecule has 2 aromatic rings. The third-order valence-corrected chi connectivity index (χ3v) is 6.43. The first kappa shape index (κ1) is 26.2. The predicted octanol–water partition coefficient (Wildman–Crippen LogP) is 2.63. The minimum absolute atomic E-state index is 0.131. The number of amides is 2. The minimum atomic E-state index is -3.76. The Morgan fingerprint density at radius 1 is 1.09 bits per heavy atom. The van der Waals surface area contributed by atoms with Crippen molar-refractivity contribution in [3.63, 3.8) is 0 Å². The average molecular weight is 476 g/mol. The second-order valence-electron chi connectivity index (χ2n) is 8.03. The molecule has 1 N–H and O–H groups in total. The van der Waals surface area contributed by atoms with Crippen molar-refractivity contribution in [2.24, 2.45) is 0 Å². The van der Waals surface area contributed by atoms with Crippen LogP contribution in [0, 0.1) is 13.8 Å². The standard InChI is InChI=1S/C24H33N3O5S/c1-7-22(24(29)25-4)26(15-19-9-8-10-21(14-19)32-5)23(28)16-27(33(6,30)31)20-12-17(2)11-18(3)13-20/h8-14,22H,7,15-16H2,1-6H3,(H,25,29). The van der Waals surface area contributed by atoms with Crippen molar-refractivity contribution in [1.82, 2.24) is 10.2 Å². The van der Waals surface area contributed by atoms with Crippen LogP contribution in [-0.4, -0.2) is 58.1 Å². The van der Waals surface area contributed by atoms with Crippen LogP contribution < -0.4 is 14.4 Å². The Hall–Kier alpha value is -3.07. The molecule has 0 saturated heterocycles. The zero-order chi connectivity index (χ0) is 24.8. The van der Waals surface area contributed by atoms with Crippen molar-refractivity contribution in [3.05, 3.63) is 59.2 Å². The number of nitrogens with one attached hydrogen (secondary N) is 1. The van der Waals surface area contributed by atoms with Gasteiger partial charge in [-0.05, 0) is 61.2 Å². The van der Waals surface area contributed by atoms with E-state index in [-0.39, 0.29) is 12.5 Å². The van der Waals surface area contributed by atoms with Crippen LogP contribution >= 0.6 is 0 Å². The summed E-state index contributed by atoms with van der Waals surface area (Å²) in [5, 5.41) is 2.60. The summed E-state index contributed by atoms with van der Waals surface area (Å²) in [6.07, 6.45) is 1.44. The molecule has 1 unspecified atom stereocenters. The molecule has 180 valence electrons. The van der Waals surface area contributed by atoms with Crippen LogP contribution in [0.25, 0.3) is 0 Å². The molecule has 0 heterocycles. The summed E-state index contributed by atoms with van der Waals surface area (Å²) in [5.41, 5.74) is 2.95. The Bertz CT molecular complexity index is 1080. The molecule has 2 rings (SSSR count). The number of hydrogen-bond acceptors (Lipinski definition) is 5. The third kappa shape index (κ3) is 6.95. The highest BCUT2D eigenvalue weighted by molar-refractivity contribution is 7.92. The number of nitrogens with zero attached hydrogens (tertiary/aromatic N) is 2. The molecule has 0 aliphatic carbocycles. The van der Waals surface area contributed by atoms with Gasteiger partial charge in [0.25, 0.3) is 0 Å². The monoisotopic (exact) mass is 475 g/mol. The molecule has 0 radical (unpaired) electrons. The second-order valence-corrected chi connectivity index (χ2v) is 9.93. The van der Waals surface area contributed by atoms with Crippen LogP contribution in [0.1, 0.15) is 30.0 Å². The molecule has 9 heteroatoms. The highest BCUT2D eigenvalue weighted by atomic mass is 32.2. The van der Waals surface area contributed by atoms with Crippen molar-refractivity contribution in [2.45, 2.75) is 39.8 Å². The summed E-state index contributed by atoms with van der Waals surface area (Å²) in [7, 11) is -0.694. The Kier molecular flexibility index (Phi) is 8.87. The van der Waals surface area contributed by atoms with E-state index >= 15 is 0 Å². The first-order chi connectivity index (χ1) is 15.5. The number of carbonyl (C=O) groups is 2. The van der Waals surface area contributed by atoms with E-state index in [4.69, 9.17) is 4.74 Å². The molecule has 0 bridgehead atoms. The van der Waals surface area contributed by atoms with Gasteiger partial charge in [-0.3, -0.25) is 13.9 Å². The van der Waals surface area contributed by atoms with E-state index in [1.807, 2.05) is 32.9 Å². The number of rotatable bonds is 10. The lowest BCUT2D eigenvalue weighted by Gasteiger charge is -2.32. The highest BCUT2D eigenvalue weighted by Crippen LogP contribution is 2.23. The van der Waals surface area contributed by atoms with Gasteiger partial charge in [-0.15, -0.1) is 0 Å². The summed E-state index contributed by atoms with van der Waals surface area (Å²) in [6.45, 7) is 5.26. The second kappa shape index (κ2) is 11.2. The van der Waals surface area contributed by atoms with Crippen molar-refractivity contribution in [3.8, 4) is 5.75 Å². The number of benzene rings is 2. The molecule has 0 aliphatic rings. The molecule has 33 heavy (non-hydrogen) atoms. The molecule has 1 atom stereocenters. The van der Waals surface area contributed by atoms with E-state index in [1.165, 1.54) is 11.9 Å². The van der Waals surface area contributed by atoms with E-state index in [9.17, 15) is 18.0 Å². The van der Waals surface area contributed by atoms with Crippen LogP contribution in [0.3, 0.4) is 0 Å². The topological polar surface area (TPSA) is 96.0 Å². The lowest BCUT2D eigenvalue weighted by molar-refractivity contribution is -0.140. The Labute approximate surface area is 196 Å². The number of sulfonamides is 1. The Balaban J connectivity index is 2.47. The Morgan fingerprint density at radius 2 is 1.73 bits per heavy atom. The lowest BCUT2D eigenvalue weighted by Crippen LogP contribution is -2.51. The molecule has 0 fully saturated rings. The number of anilines is 1. The van der Waals surface area contributed by atoms with Crippen molar-refractivity contribution in [2.75, 3.05) is 31.3 Å². The van der Waals surface area contributed by atoms with Gasteiger partial charge in [-0.25, -0.2) is 8.42 Å². The molecule has 0 aliphatic heterocycles. The largest absolute Gasteiger partial charge is 0.497 e. The van der Waals surface area contributed by atoms with Gasteiger partial charge in [0, 0.05) is 13.6 Å². The van der Waals surface area contributed by atoms with Crippen LogP contribution in [0.15, 0.2) is 42.5 Å². The van der Waals surface area contributed by atoms with E-state index in [2.05, 4.69) is 5.32 Å². The Morgan fingerprint density at radius 3 is 2.24 bits per heavy atom. The summed E-state index contributed by atoms with van der Waals surface area (Å²) >= 11 is 0. The maximum Gasteiger partial charge on any atom is 0.244 e. The quantitative estimate of drug-likeness (QED) is 0.570. The minimum Gasteiger partial charge on any atom is -0.497 e. The number of carbonyl (C=O) groups excluding carboxylic acids is 2. The molecule has 0 saturated carbocycles. The zero-order valence-electron chi connectivity index (χ0n) is 20.1. The van der Waals surface area contributed by atoms with Gasteiger partial charge < -0.3 is 15.0 Å². The lowest BCUT2D eigenvalue weighted by atomic mass is 10.1. The van der Waals surface area contributed by atoms with Gasteiger partial charge in [0.05, 0.1) is 19.1 Å². The normalized spacial score (nSPS) is 12.1. The first-order valence-corrected chi connectivity index (χ1v) is 12.5. The molecule has 8 nitrogen and oxygen atoms in total. The fourth-order valence-electron chi connectivity index (χ4n) is 3.76. The molecule has 0 spiro atoms. The van der Waals surface area contributed by atoms with Crippen molar-refractivity contribution in [1.29, 1.82) is 0 Å². The highest BCUT2D eigenvalue weighted by Gasteiger charge is 2.31. The van der Waals surface area contributed by atoms with E-state index in [1.54, 1.807) is 37.4 Å². The molecule has 2 aromatic carbocycles. The molecular weight excluding hydrogens is 442 g/mol. The van der Waals surface area contributed by atoms with Gasteiger partial charge in [0.1, 0.15) is 18.3 Å². The maximum absolute atomic E-state index is 13.5. The van der Waals surface area contributed by atoms with Gasteiger partial charge in [-0.1, -0.05) is 25.1 Å². The van der Waals surface area contributed by atoms with Gasteiger partial charge in [0.15, 0.2) is 0 Å². The number of likely N-dealkylation sites (N-methyl/N-ethyl adjacent to an activating group) is 1. The summed E-state index contributed by atoms with van der Waals surface area (Å²) in [6, 6.07) is 11.8.